The van der Waals surface area contributed by atoms with Gasteiger partial charge in [-0.15, -0.1) is 0 Å². The molecule has 6 nitrogen and oxygen atoms in total. The van der Waals surface area contributed by atoms with Crippen molar-refractivity contribution >= 4 is 24.9 Å². The van der Waals surface area contributed by atoms with Crippen LogP contribution in [0.2, 0.25) is 0 Å². The average Bonchev–Trinajstić information content (AvgIpc) is 2.83. The molecule has 0 saturated carbocycles. The maximum atomic E-state index is 13.0. The predicted octanol–water partition coefficient (Wildman–Crippen LogP) is -2.51. The summed E-state index contributed by atoms with van der Waals surface area (Å²) in [7, 11) is -4.03. The van der Waals surface area contributed by atoms with Crippen LogP contribution < -0.4 is 74.0 Å². The molecule has 0 fully saturated rings. The number of rotatable bonds is 11. The maximum absolute atomic E-state index is 13.0. The van der Waals surface area contributed by atoms with Crippen LogP contribution in [0.15, 0.2) is 84.9 Å². The normalized spacial score (nSPS) is 12.8. The number of carbonyl (C=O) groups is 2. The minimum atomic E-state index is -4.03. The van der Waals surface area contributed by atoms with E-state index in [1.54, 1.807) is 24.3 Å². The predicted molar refractivity (Wildman–Crippen MR) is 131 cm³/mol. The smallest absolute Gasteiger partial charge is 0.799 e. The van der Waals surface area contributed by atoms with Gasteiger partial charge in [0.25, 0.3) is 0 Å². The van der Waals surface area contributed by atoms with E-state index in [0.717, 1.165) is 28.0 Å². The molecule has 3 rings (SSSR count). The summed E-state index contributed by atoms with van der Waals surface area (Å²) < 4.78 is 12.6. The van der Waals surface area contributed by atoms with E-state index in [0.29, 0.717) is 18.5 Å². The third-order valence-corrected chi connectivity index (χ3v) is 7.43. The summed E-state index contributed by atoms with van der Waals surface area (Å²) in [5, 5.41) is 11.6. The van der Waals surface area contributed by atoms with E-state index in [4.69, 9.17) is 0 Å². The van der Waals surface area contributed by atoms with E-state index in [2.05, 4.69) is 0 Å². The molecule has 0 aromatic heterocycles. The van der Waals surface area contributed by atoms with Crippen LogP contribution in [-0.2, 0) is 20.6 Å². The first-order valence-electron chi connectivity index (χ1n) is 11.3. The van der Waals surface area contributed by atoms with Crippen LogP contribution in [0.1, 0.15) is 25.3 Å². The van der Waals surface area contributed by atoms with Crippen molar-refractivity contribution in [1.29, 1.82) is 0 Å². The second kappa shape index (κ2) is 15.9. The molecule has 0 aliphatic carbocycles. The Balaban J connectivity index is 0.00000324. The molecule has 3 aromatic rings. The summed E-state index contributed by atoms with van der Waals surface area (Å²) in [6.45, 7) is 1.31. The average molecular weight is 523 g/mol. The molecule has 0 radical (unpaired) electrons. The quantitative estimate of drug-likeness (QED) is 0.157. The molecule has 178 valence electrons. The Bertz CT molecular complexity index is 1140. The van der Waals surface area contributed by atoms with Gasteiger partial charge in [-0.1, -0.05) is 72.8 Å². The van der Waals surface area contributed by atoms with Crippen molar-refractivity contribution in [3.63, 3.8) is 0 Å². The number of carboxylic acids is 1. The van der Waals surface area contributed by atoms with Gasteiger partial charge in [0.2, 0.25) is 5.91 Å². The first-order chi connectivity index (χ1) is 16.3. The molecule has 0 heterocycles. The van der Waals surface area contributed by atoms with Crippen LogP contribution >= 0.6 is 7.37 Å². The first-order valence-corrected chi connectivity index (χ1v) is 13.3. The minimum absolute atomic E-state index is 0. The Kier molecular flexibility index (Phi) is 14.5. The van der Waals surface area contributed by atoms with Crippen molar-refractivity contribution in [3.05, 3.63) is 90.5 Å². The SMILES string of the molecule is C[C@@H](C(=O)[O-])N(C(=O)CP(=O)([O-])CCCCc1ccccc1)c1ccc(-c2ccccc2)cc1.[Na+].[Na+]. The summed E-state index contributed by atoms with van der Waals surface area (Å²) in [4.78, 5) is 38.2. The van der Waals surface area contributed by atoms with Gasteiger partial charge in [0, 0.05) is 13.1 Å². The third-order valence-electron chi connectivity index (χ3n) is 5.68. The molecule has 0 aliphatic heterocycles. The van der Waals surface area contributed by atoms with Crippen molar-refractivity contribution in [2.75, 3.05) is 17.2 Å². The molecule has 0 N–H and O–H groups in total. The van der Waals surface area contributed by atoms with Crippen LogP contribution in [0.25, 0.3) is 11.1 Å². The number of unbranched alkanes of at least 4 members (excludes halogenated alkanes) is 1. The zero-order valence-electron chi connectivity index (χ0n) is 21.1. The summed E-state index contributed by atoms with van der Waals surface area (Å²) >= 11 is 0. The monoisotopic (exact) mass is 523 g/mol. The molecule has 2 atom stereocenters. The van der Waals surface area contributed by atoms with Gasteiger partial charge in [-0.3, -0.25) is 4.79 Å². The van der Waals surface area contributed by atoms with Gasteiger partial charge in [0.1, 0.15) is 0 Å². The second-order valence-corrected chi connectivity index (χ2v) is 10.7. The fraction of sp³-hybridized carbons (Fsp3) is 0.259. The molecule has 0 saturated heterocycles. The van der Waals surface area contributed by atoms with Gasteiger partial charge in [0.05, 0.1) is 18.2 Å². The largest absolute Gasteiger partial charge is 1.00 e. The van der Waals surface area contributed by atoms with Gasteiger partial charge >= 0.3 is 59.1 Å². The first kappa shape index (κ1) is 32.8. The van der Waals surface area contributed by atoms with E-state index in [-0.39, 0.29) is 65.3 Å². The standard InChI is InChI=1S/C27H30NO5P.2Na/c1-21(27(30)31)28(25-17-15-24(16-18-25)23-13-6-3-7-14-23)26(29)20-34(32,33)19-9-8-12-22-10-4-2-5-11-22;;/h2-7,10-11,13-18,21H,8-9,12,19-20H2,1H3,(H,30,31)(H,32,33);;/q;2*+1/p-2/t21-;;/m0../s1. The Hall–Kier alpha value is -1.21. The fourth-order valence-corrected chi connectivity index (χ4v) is 5.25. The van der Waals surface area contributed by atoms with E-state index < -0.39 is 31.4 Å². The Labute approximate surface area is 257 Å². The van der Waals surface area contributed by atoms with Crippen molar-refractivity contribution in [2.24, 2.45) is 0 Å². The van der Waals surface area contributed by atoms with E-state index in [1.807, 2.05) is 60.7 Å². The number of aryl methyl sites for hydroxylation is 1. The molecule has 3 aromatic carbocycles. The molecule has 0 bridgehead atoms. The molecule has 1 amide bonds. The van der Waals surface area contributed by atoms with Crippen LogP contribution in [-0.4, -0.2) is 30.2 Å². The van der Waals surface area contributed by atoms with Gasteiger partial charge in [-0.25, -0.2) is 0 Å². The fourth-order valence-electron chi connectivity index (χ4n) is 3.82. The van der Waals surface area contributed by atoms with Crippen LogP contribution in [0.5, 0.6) is 0 Å². The van der Waals surface area contributed by atoms with Crippen molar-refractivity contribution in [1.82, 2.24) is 0 Å². The van der Waals surface area contributed by atoms with E-state index >= 15 is 0 Å². The van der Waals surface area contributed by atoms with Crippen molar-refractivity contribution in [2.45, 2.75) is 32.2 Å². The number of hydrogen-bond donors (Lipinski definition) is 0. The number of benzene rings is 3. The Morgan fingerprint density at radius 2 is 1.36 bits per heavy atom. The molecule has 9 heteroatoms. The molecule has 1 unspecified atom stereocenters. The Morgan fingerprint density at radius 1 is 0.833 bits per heavy atom. The zero-order valence-corrected chi connectivity index (χ0v) is 26.0. The van der Waals surface area contributed by atoms with Crippen LogP contribution in [0, 0.1) is 0 Å². The topological polar surface area (TPSA) is 101 Å². The minimum Gasteiger partial charge on any atom is -0.799 e. The molecular formula is C27H28NNa2O5P. The number of carboxylic acid groups (broad SMARTS) is 1. The third kappa shape index (κ3) is 9.92. The summed E-state index contributed by atoms with van der Waals surface area (Å²) in [5.41, 5.74) is 3.31. The van der Waals surface area contributed by atoms with Crippen molar-refractivity contribution < 1.29 is 83.3 Å². The van der Waals surface area contributed by atoms with Crippen molar-refractivity contribution in [3.8, 4) is 11.1 Å². The van der Waals surface area contributed by atoms with Gasteiger partial charge in [0.15, 0.2) is 0 Å². The number of nitrogens with zero attached hydrogens (tertiary/aromatic N) is 1. The maximum Gasteiger partial charge on any atom is 1.00 e. The number of hydrogen-bond acceptors (Lipinski definition) is 5. The van der Waals surface area contributed by atoms with E-state index in [9.17, 15) is 24.2 Å². The molecule has 0 spiro atoms. The van der Waals surface area contributed by atoms with E-state index in [1.165, 1.54) is 6.92 Å². The van der Waals surface area contributed by atoms with Gasteiger partial charge in [-0.2, -0.15) is 0 Å². The second-order valence-electron chi connectivity index (χ2n) is 8.31. The molecular weight excluding hydrogens is 495 g/mol. The Morgan fingerprint density at radius 3 is 1.92 bits per heavy atom. The number of anilines is 1. The summed E-state index contributed by atoms with van der Waals surface area (Å²) in [5.74, 6) is -2.23. The van der Waals surface area contributed by atoms with Crippen LogP contribution in [0.3, 0.4) is 0 Å². The summed E-state index contributed by atoms with van der Waals surface area (Å²) in [6.07, 6.45) is 1.05. The van der Waals surface area contributed by atoms with Gasteiger partial charge in [-0.05, 0) is 61.2 Å². The summed E-state index contributed by atoms with van der Waals surface area (Å²) in [6, 6.07) is 24.8. The molecule has 0 aliphatic rings. The zero-order chi connectivity index (χ0) is 24.6. The van der Waals surface area contributed by atoms with Gasteiger partial charge < -0.3 is 24.3 Å². The molecule has 36 heavy (non-hydrogen) atoms. The number of amides is 1. The van der Waals surface area contributed by atoms with Crippen LogP contribution in [0.4, 0.5) is 5.69 Å². The number of aliphatic carboxylic acids is 1. The number of carbonyl (C=O) groups excluding carboxylic acids is 2.